The second kappa shape index (κ2) is 8.41. The number of methoxy groups -OCH3 is 1. The highest BCUT2D eigenvalue weighted by Crippen LogP contribution is 2.28. The molecule has 0 radical (unpaired) electrons. The van der Waals surface area contributed by atoms with Crippen molar-refractivity contribution in [3.05, 3.63) is 23.8 Å². The summed E-state index contributed by atoms with van der Waals surface area (Å²) in [6.07, 6.45) is 0.112. The predicted octanol–water partition coefficient (Wildman–Crippen LogP) is 3.40. The number of carbonyl (C=O) groups is 2. The van der Waals surface area contributed by atoms with Crippen LogP contribution in [0.1, 0.15) is 50.9 Å². The molecule has 0 atom stereocenters. The van der Waals surface area contributed by atoms with E-state index in [9.17, 15) is 9.59 Å². The van der Waals surface area contributed by atoms with Gasteiger partial charge in [0.05, 0.1) is 31.3 Å². The van der Waals surface area contributed by atoms with Gasteiger partial charge in [-0.15, -0.1) is 0 Å². The Morgan fingerprint density at radius 3 is 2.18 bits per heavy atom. The standard InChI is InChI=1S/C17H24O5/c1-11(2)21-13-6-7-14(16(10-13)22-12(3)4)15(18)8-9-17(19)20-5/h6-7,10-12H,8-9H2,1-5H3. The lowest BCUT2D eigenvalue weighted by Gasteiger charge is -2.16. The zero-order valence-corrected chi connectivity index (χ0v) is 13.8. The minimum atomic E-state index is -0.403. The highest BCUT2D eigenvalue weighted by atomic mass is 16.5. The van der Waals surface area contributed by atoms with Crippen LogP contribution in [0.4, 0.5) is 0 Å². The van der Waals surface area contributed by atoms with Crippen molar-refractivity contribution in [1.29, 1.82) is 0 Å². The van der Waals surface area contributed by atoms with E-state index in [0.29, 0.717) is 17.1 Å². The third-order valence-corrected chi connectivity index (χ3v) is 2.77. The Balaban J connectivity index is 2.95. The van der Waals surface area contributed by atoms with Gasteiger partial charge in [-0.3, -0.25) is 9.59 Å². The van der Waals surface area contributed by atoms with Gasteiger partial charge in [0.2, 0.25) is 0 Å². The Labute approximate surface area is 131 Å². The number of ketones is 1. The van der Waals surface area contributed by atoms with Gasteiger partial charge in [0.25, 0.3) is 0 Å². The normalized spacial score (nSPS) is 10.7. The van der Waals surface area contributed by atoms with E-state index in [1.807, 2.05) is 27.7 Å². The maximum atomic E-state index is 12.3. The summed E-state index contributed by atoms with van der Waals surface area (Å²) in [5, 5.41) is 0. The number of esters is 1. The molecule has 0 bridgehead atoms. The van der Waals surface area contributed by atoms with Crippen molar-refractivity contribution in [2.45, 2.75) is 52.7 Å². The van der Waals surface area contributed by atoms with Crippen LogP contribution in [-0.4, -0.2) is 31.1 Å². The largest absolute Gasteiger partial charge is 0.491 e. The fourth-order valence-corrected chi connectivity index (χ4v) is 1.88. The van der Waals surface area contributed by atoms with E-state index in [1.54, 1.807) is 18.2 Å². The van der Waals surface area contributed by atoms with Gasteiger partial charge in [-0.05, 0) is 39.8 Å². The minimum absolute atomic E-state index is 0.0350. The number of hydrogen-bond donors (Lipinski definition) is 0. The highest BCUT2D eigenvalue weighted by molar-refractivity contribution is 6.00. The number of ether oxygens (including phenoxy) is 3. The van der Waals surface area contributed by atoms with Crippen LogP contribution in [0.25, 0.3) is 0 Å². The molecule has 0 spiro atoms. The van der Waals surface area contributed by atoms with Crippen molar-refractivity contribution in [1.82, 2.24) is 0 Å². The maximum Gasteiger partial charge on any atom is 0.305 e. The number of carbonyl (C=O) groups excluding carboxylic acids is 2. The number of Topliss-reactive ketones (excluding diaryl/α,β-unsaturated/α-hetero) is 1. The molecule has 0 saturated carbocycles. The van der Waals surface area contributed by atoms with Crippen molar-refractivity contribution >= 4 is 11.8 Å². The van der Waals surface area contributed by atoms with Crippen LogP contribution in [0.3, 0.4) is 0 Å². The van der Waals surface area contributed by atoms with Crippen LogP contribution in [0, 0.1) is 0 Å². The van der Waals surface area contributed by atoms with Crippen molar-refractivity contribution < 1.29 is 23.8 Å². The topological polar surface area (TPSA) is 61.8 Å². The number of hydrogen-bond acceptors (Lipinski definition) is 5. The lowest BCUT2D eigenvalue weighted by atomic mass is 10.0. The van der Waals surface area contributed by atoms with Crippen molar-refractivity contribution in [3.8, 4) is 11.5 Å². The lowest BCUT2D eigenvalue weighted by Crippen LogP contribution is -2.12. The van der Waals surface area contributed by atoms with Gasteiger partial charge < -0.3 is 14.2 Å². The fraction of sp³-hybridized carbons (Fsp3) is 0.529. The van der Waals surface area contributed by atoms with Crippen LogP contribution >= 0.6 is 0 Å². The molecule has 0 heterocycles. The van der Waals surface area contributed by atoms with E-state index in [0.717, 1.165) is 0 Å². The van der Waals surface area contributed by atoms with Crippen LogP contribution < -0.4 is 9.47 Å². The minimum Gasteiger partial charge on any atom is -0.491 e. The third kappa shape index (κ3) is 5.76. The van der Waals surface area contributed by atoms with Crippen molar-refractivity contribution in [2.75, 3.05) is 7.11 Å². The zero-order chi connectivity index (χ0) is 16.7. The molecule has 0 aliphatic rings. The Bertz CT molecular complexity index is 520. The molecule has 0 aliphatic carbocycles. The number of benzene rings is 1. The lowest BCUT2D eigenvalue weighted by molar-refractivity contribution is -0.140. The molecule has 0 fully saturated rings. The van der Waals surface area contributed by atoms with E-state index in [-0.39, 0.29) is 30.8 Å². The summed E-state index contributed by atoms with van der Waals surface area (Å²) in [7, 11) is 1.30. The molecule has 0 unspecified atom stereocenters. The van der Waals surface area contributed by atoms with Crippen LogP contribution in [0.15, 0.2) is 18.2 Å². The van der Waals surface area contributed by atoms with Gasteiger partial charge in [0.15, 0.2) is 5.78 Å². The molecular weight excluding hydrogens is 284 g/mol. The Morgan fingerprint density at radius 2 is 1.64 bits per heavy atom. The second-order valence-electron chi connectivity index (χ2n) is 5.49. The maximum absolute atomic E-state index is 12.3. The molecular formula is C17H24O5. The Hall–Kier alpha value is -2.04. The first kappa shape index (κ1) is 18.0. The van der Waals surface area contributed by atoms with Crippen molar-refractivity contribution in [2.24, 2.45) is 0 Å². The van der Waals surface area contributed by atoms with E-state index < -0.39 is 5.97 Å². The zero-order valence-electron chi connectivity index (χ0n) is 13.8. The summed E-state index contributed by atoms with van der Waals surface area (Å²) < 4.78 is 15.9. The van der Waals surface area contributed by atoms with Gasteiger partial charge in [-0.25, -0.2) is 0 Å². The molecule has 22 heavy (non-hydrogen) atoms. The average Bonchev–Trinajstić information content (AvgIpc) is 2.43. The van der Waals surface area contributed by atoms with Gasteiger partial charge >= 0.3 is 5.97 Å². The second-order valence-corrected chi connectivity index (χ2v) is 5.49. The molecule has 0 saturated heterocycles. The van der Waals surface area contributed by atoms with E-state index in [2.05, 4.69) is 4.74 Å². The summed E-state index contributed by atoms with van der Waals surface area (Å²) in [6.45, 7) is 7.63. The summed E-state index contributed by atoms with van der Waals surface area (Å²) >= 11 is 0. The smallest absolute Gasteiger partial charge is 0.305 e. The van der Waals surface area contributed by atoms with Crippen molar-refractivity contribution in [3.63, 3.8) is 0 Å². The van der Waals surface area contributed by atoms with E-state index >= 15 is 0 Å². The van der Waals surface area contributed by atoms with Gasteiger partial charge in [0, 0.05) is 12.5 Å². The Kier molecular flexibility index (Phi) is 6.89. The fourth-order valence-electron chi connectivity index (χ4n) is 1.88. The third-order valence-electron chi connectivity index (χ3n) is 2.77. The SMILES string of the molecule is COC(=O)CCC(=O)c1ccc(OC(C)C)cc1OC(C)C. The molecule has 1 aromatic rings. The highest BCUT2D eigenvalue weighted by Gasteiger charge is 2.16. The molecule has 5 heteroatoms. The molecule has 5 nitrogen and oxygen atoms in total. The molecule has 0 aliphatic heterocycles. The molecule has 0 N–H and O–H groups in total. The quantitative estimate of drug-likeness (QED) is 0.544. The van der Waals surface area contributed by atoms with Crippen LogP contribution in [0.2, 0.25) is 0 Å². The monoisotopic (exact) mass is 308 g/mol. The molecule has 1 rings (SSSR count). The number of rotatable bonds is 8. The van der Waals surface area contributed by atoms with Gasteiger partial charge in [0.1, 0.15) is 11.5 Å². The molecule has 0 aromatic heterocycles. The molecule has 122 valence electrons. The van der Waals surface area contributed by atoms with Crippen LogP contribution in [-0.2, 0) is 9.53 Å². The summed E-state index contributed by atoms with van der Waals surface area (Å²) in [6, 6.07) is 5.12. The first-order valence-electron chi connectivity index (χ1n) is 7.40. The summed E-state index contributed by atoms with van der Waals surface area (Å²) in [5.41, 5.74) is 0.453. The Morgan fingerprint density at radius 1 is 1.00 bits per heavy atom. The van der Waals surface area contributed by atoms with E-state index in [1.165, 1.54) is 7.11 Å². The van der Waals surface area contributed by atoms with Crippen LogP contribution in [0.5, 0.6) is 11.5 Å². The molecule has 0 amide bonds. The summed E-state index contributed by atoms with van der Waals surface area (Å²) in [5.74, 6) is 0.565. The first-order chi connectivity index (χ1) is 10.3. The molecule has 1 aromatic carbocycles. The summed E-state index contributed by atoms with van der Waals surface area (Å²) in [4.78, 5) is 23.4. The van der Waals surface area contributed by atoms with E-state index in [4.69, 9.17) is 9.47 Å². The predicted molar refractivity (Wildman–Crippen MR) is 83.6 cm³/mol. The van der Waals surface area contributed by atoms with Gasteiger partial charge in [-0.2, -0.15) is 0 Å². The van der Waals surface area contributed by atoms with Gasteiger partial charge in [-0.1, -0.05) is 0 Å². The average molecular weight is 308 g/mol. The first-order valence-corrected chi connectivity index (χ1v) is 7.40.